The molecule has 1 saturated heterocycles. The first-order valence-corrected chi connectivity index (χ1v) is 14.0. The maximum absolute atomic E-state index is 12.2. The van der Waals surface area contributed by atoms with E-state index in [0.29, 0.717) is 11.4 Å². The van der Waals surface area contributed by atoms with Crippen molar-refractivity contribution in [2.75, 3.05) is 32.1 Å². The number of thiophene rings is 2. The van der Waals surface area contributed by atoms with Gasteiger partial charge in [-0.1, -0.05) is 13.1 Å². The largest absolute Gasteiger partial charge is 0.395 e. The van der Waals surface area contributed by atoms with Crippen LogP contribution in [0.4, 0.5) is 9.80 Å². The van der Waals surface area contributed by atoms with Crippen LogP contribution in [0.25, 0.3) is 15.8 Å². The van der Waals surface area contributed by atoms with Crippen LogP contribution < -0.4 is 15.3 Å². The van der Waals surface area contributed by atoms with Crippen molar-refractivity contribution in [2.24, 2.45) is 0 Å². The quantitative estimate of drug-likeness (QED) is 0.590. The van der Waals surface area contributed by atoms with Crippen LogP contribution in [0.1, 0.15) is 4.88 Å². The number of hydrogen-bond donors (Lipinski definition) is 1. The van der Waals surface area contributed by atoms with Crippen molar-refractivity contribution >= 4 is 75.1 Å². The molecule has 2 aromatic rings. The molecule has 2 aromatic heterocycles. The zero-order chi connectivity index (χ0) is 19.5. The van der Waals surface area contributed by atoms with Crippen LogP contribution in [-0.4, -0.2) is 56.5 Å². The summed E-state index contributed by atoms with van der Waals surface area (Å²) in [6.45, 7) is 5.48. The lowest BCUT2D eigenvalue weighted by molar-refractivity contribution is -0.121. The van der Waals surface area contributed by atoms with E-state index in [-0.39, 0.29) is 17.8 Å². The molecule has 4 heterocycles. The van der Waals surface area contributed by atoms with E-state index < -0.39 is 8.07 Å². The Balaban J connectivity index is 1.73. The summed E-state index contributed by atoms with van der Waals surface area (Å²) in [6, 6.07) is 4.50. The summed E-state index contributed by atoms with van der Waals surface area (Å²) >= 11 is 4.48. The zero-order valence-electron chi connectivity index (χ0n) is 15.5. The lowest BCUT2D eigenvalue weighted by atomic mass is 10.3. The van der Waals surface area contributed by atoms with Gasteiger partial charge in [-0.15, -0.1) is 22.7 Å². The minimum absolute atomic E-state index is 0.140. The van der Waals surface area contributed by atoms with E-state index in [1.165, 1.54) is 32.2 Å². The van der Waals surface area contributed by atoms with Crippen LogP contribution in [0.15, 0.2) is 17.0 Å². The minimum atomic E-state index is -1.78. The van der Waals surface area contributed by atoms with E-state index in [1.807, 2.05) is 13.1 Å². The number of aliphatic hydroxyl groups is 1. The van der Waals surface area contributed by atoms with Crippen molar-refractivity contribution in [1.29, 1.82) is 0 Å². The van der Waals surface area contributed by atoms with Crippen molar-refractivity contribution in [1.82, 2.24) is 4.90 Å². The van der Waals surface area contributed by atoms with E-state index in [1.54, 1.807) is 22.7 Å². The number of fused-ring (bicyclic) bond motifs is 3. The van der Waals surface area contributed by atoms with Crippen molar-refractivity contribution in [3.63, 3.8) is 0 Å². The van der Waals surface area contributed by atoms with Gasteiger partial charge in [-0.05, 0) is 40.3 Å². The van der Waals surface area contributed by atoms with Gasteiger partial charge in [-0.3, -0.25) is 14.5 Å². The van der Waals surface area contributed by atoms with E-state index in [9.17, 15) is 14.7 Å². The van der Waals surface area contributed by atoms with Gasteiger partial charge in [-0.25, -0.2) is 0 Å². The first-order valence-electron chi connectivity index (χ1n) is 8.56. The molecular formula is C18H20N2O3S3Si. The van der Waals surface area contributed by atoms with E-state index in [2.05, 4.69) is 30.1 Å². The second-order valence-corrected chi connectivity index (χ2v) is 14.7. The van der Waals surface area contributed by atoms with Gasteiger partial charge in [0.2, 0.25) is 0 Å². The number of likely N-dealkylation sites (N-methyl/N-ethyl adjacent to an activating group) is 2. The van der Waals surface area contributed by atoms with Crippen LogP contribution in [0, 0.1) is 0 Å². The second-order valence-electron chi connectivity index (χ2n) is 7.23. The molecule has 0 atom stereocenters. The lowest BCUT2D eigenvalue weighted by Crippen LogP contribution is -2.48. The monoisotopic (exact) mass is 436 g/mol. The van der Waals surface area contributed by atoms with Gasteiger partial charge >= 0.3 is 0 Å². The van der Waals surface area contributed by atoms with Crippen LogP contribution in [0.2, 0.25) is 13.1 Å². The molecular weight excluding hydrogens is 416 g/mol. The molecule has 0 aliphatic carbocycles. The number of rotatable bonds is 4. The summed E-state index contributed by atoms with van der Waals surface area (Å²) in [6.07, 6.45) is 1.86. The Morgan fingerprint density at radius 3 is 2.48 bits per heavy atom. The topological polar surface area (TPSA) is 60.9 Å². The minimum Gasteiger partial charge on any atom is -0.395 e. The highest BCUT2D eigenvalue weighted by atomic mass is 32.2. The third-order valence-corrected chi connectivity index (χ3v) is 12.4. The summed E-state index contributed by atoms with van der Waals surface area (Å²) in [4.78, 5) is 31.3. The Labute approximate surface area is 171 Å². The number of thioether (sulfide) groups is 1. The molecule has 0 spiro atoms. The van der Waals surface area contributed by atoms with Crippen molar-refractivity contribution in [3.05, 3.63) is 21.9 Å². The van der Waals surface area contributed by atoms with E-state index in [4.69, 9.17) is 0 Å². The number of carbonyl (C=O) groups excluding carboxylic acids is 2. The number of carbonyl (C=O) groups is 2. The fourth-order valence-electron chi connectivity index (χ4n) is 3.39. The molecule has 0 radical (unpaired) electrons. The van der Waals surface area contributed by atoms with Gasteiger partial charge in [0.05, 0.1) is 16.5 Å². The smallest absolute Gasteiger partial charge is 0.293 e. The van der Waals surface area contributed by atoms with Crippen LogP contribution in [-0.2, 0) is 4.79 Å². The molecule has 1 N–H and O–H groups in total. The molecule has 0 aromatic carbocycles. The highest BCUT2D eigenvalue weighted by molar-refractivity contribution is 8.18. The maximum atomic E-state index is 12.2. The molecule has 142 valence electrons. The van der Waals surface area contributed by atoms with Gasteiger partial charge in [0.25, 0.3) is 11.1 Å². The molecule has 5 nitrogen and oxygen atoms in total. The zero-order valence-corrected chi connectivity index (χ0v) is 19.0. The van der Waals surface area contributed by atoms with Crippen molar-refractivity contribution in [2.45, 2.75) is 13.1 Å². The number of nitrogens with zero attached hydrogens (tertiary/aromatic N) is 2. The first kappa shape index (κ1) is 18.9. The van der Waals surface area contributed by atoms with Gasteiger partial charge in [0.1, 0.15) is 8.07 Å². The lowest BCUT2D eigenvalue weighted by Gasteiger charge is -2.18. The number of amides is 2. The van der Waals surface area contributed by atoms with Gasteiger partial charge in [0.15, 0.2) is 0 Å². The van der Waals surface area contributed by atoms with Crippen molar-refractivity contribution in [3.8, 4) is 9.75 Å². The molecule has 2 aliphatic heterocycles. The first-order chi connectivity index (χ1) is 12.7. The fourth-order valence-corrected chi connectivity index (χ4v) is 11.4. The SMILES string of the molecule is CN1C(=O)S/C(=C/c2cc3c(s2)-c2sc(N(C)CCO)cc2[Si]3(C)C)C1=O. The Hall–Kier alpha value is -1.39. The average molecular weight is 437 g/mol. The molecule has 9 heteroatoms. The van der Waals surface area contributed by atoms with E-state index >= 15 is 0 Å². The predicted octanol–water partition coefficient (Wildman–Crippen LogP) is 2.71. The van der Waals surface area contributed by atoms with Gasteiger partial charge in [0, 0.05) is 35.3 Å². The third kappa shape index (κ3) is 2.92. The Morgan fingerprint density at radius 1 is 1.19 bits per heavy atom. The maximum Gasteiger partial charge on any atom is 0.293 e. The van der Waals surface area contributed by atoms with Gasteiger partial charge < -0.3 is 10.0 Å². The van der Waals surface area contributed by atoms with Crippen LogP contribution >= 0.6 is 34.4 Å². The number of aliphatic hydroxyl groups excluding tert-OH is 1. The molecule has 2 amide bonds. The summed E-state index contributed by atoms with van der Waals surface area (Å²) < 4.78 is 0. The fraction of sp³-hybridized carbons (Fsp3) is 0.333. The number of hydrogen-bond acceptors (Lipinski definition) is 7. The Morgan fingerprint density at radius 2 is 1.85 bits per heavy atom. The number of imide groups is 1. The summed E-state index contributed by atoms with van der Waals surface area (Å²) in [5.74, 6) is -0.222. The highest BCUT2D eigenvalue weighted by Crippen LogP contribution is 2.42. The summed E-state index contributed by atoms with van der Waals surface area (Å²) in [5, 5.41) is 13.0. The van der Waals surface area contributed by atoms with E-state index in [0.717, 1.165) is 21.5 Å². The van der Waals surface area contributed by atoms with Crippen molar-refractivity contribution < 1.29 is 14.7 Å². The normalized spacial score (nSPS) is 19.1. The third-order valence-electron chi connectivity index (χ3n) is 5.09. The van der Waals surface area contributed by atoms with Crippen LogP contribution in [0.5, 0.6) is 0 Å². The predicted molar refractivity (Wildman–Crippen MR) is 118 cm³/mol. The second kappa shape index (κ2) is 6.59. The van der Waals surface area contributed by atoms with Crippen LogP contribution in [0.3, 0.4) is 0 Å². The molecule has 1 fully saturated rings. The summed E-state index contributed by atoms with van der Waals surface area (Å²) in [7, 11) is 1.75. The standard InChI is InChI=1S/C18H20N2O3S3Si/c1-19(5-6-21)14-9-13-16(26-14)15-12(27(13,3)4)8-10(24-15)7-11-17(22)20(2)18(23)25-11/h7-9,21H,5-6H2,1-4H3/b11-7+. The van der Waals surface area contributed by atoms with Gasteiger partial charge in [-0.2, -0.15) is 0 Å². The molecule has 0 bridgehead atoms. The molecule has 0 unspecified atom stereocenters. The average Bonchev–Trinajstić information content (AvgIpc) is 3.32. The highest BCUT2D eigenvalue weighted by Gasteiger charge is 2.41. The molecule has 27 heavy (non-hydrogen) atoms. The number of anilines is 1. The Bertz CT molecular complexity index is 992. The molecule has 4 rings (SSSR count). The Kier molecular flexibility index (Phi) is 4.63. The summed E-state index contributed by atoms with van der Waals surface area (Å²) in [5.41, 5.74) is 0. The molecule has 2 aliphatic rings. The molecule has 0 saturated carbocycles.